The lowest BCUT2D eigenvalue weighted by Gasteiger charge is -2.28. The van der Waals surface area contributed by atoms with Crippen LogP contribution in [0.2, 0.25) is 0 Å². The summed E-state index contributed by atoms with van der Waals surface area (Å²) in [7, 11) is 1.61. The standard InChI is InChI=1S/C22H34N2O7/c1-18(25)29-16-15-28-14-13-24(21(27)31-22(2,3)4)12-11-23(5)20(26)30-17-19-9-7-6-8-10-19/h6-10H,11-17H2,1-5H3. The summed E-state index contributed by atoms with van der Waals surface area (Å²) in [4.78, 5) is 38.3. The second-order valence-electron chi connectivity index (χ2n) is 7.88. The fourth-order valence-electron chi connectivity index (χ4n) is 2.33. The molecule has 0 aromatic heterocycles. The Morgan fingerprint density at radius 1 is 0.871 bits per heavy atom. The third kappa shape index (κ3) is 12.5. The highest BCUT2D eigenvalue weighted by atomic mass is 16.6. The van der Waals surface area contributed by atoms with Gasteiger partial charge in [-0.25, -0.2) is 9.59 Å². The zero-order valence-electron chi connectivity index (χ0n) is 19.1. The van der Waals surface area contributed by atoms with Crippen LogP contribution in [0.3, 0.4) is 0 Å². The Kier molecular flexibility index (Phi) is 11.4. The highest BCUT2D eigenvalue weighted by Gasteiger charge is 2.23. The van der Waals surface area contributed by atoms with Gasteiger partial charge in [0.2, 0.25) is 0 Å². The van der Waals surface area contributed by atoms with E-state index in [4.69, 9.17) is 18.9 Å². The number of esters is 1. The van der Waals surface area contributed by atoms with E-state index in [0.29, 0.717) is 0 Å². The minimum absolute atomic E-state index is 0.151. The minimum atomic E-state index is -0.647. The Labute approximate surface area is 184 Å². The number of hydrogen-bond acceptors (Lipinski definition) is 7. The van der Waals surface area contributed by atoms with E-state index in [-0.39, 0.29) is 52.0 Å². The van der Waals surface area contributed by atoms with Crippen LogP contribution in [0.4, 0.5) is 9.59 Å². The van der Waals surface area contributed by atoms with Crippen LogP contribution in [-0.2, 0) is 30.3 Å². The summed E-state index contributed by atoms with van der Waals surface area (Å²) >= 11 is 0. The lowest BCUT2D eigenvalue weighted by Crippen LogP contribution is -2.43. The summed E-state index contributed by atoms with van der Waals surface area (Å²) in [6.07, 6.45) is -0.979. The molecule has 0 saturated heterocycles. The van der Waals surface area contributed by atoms with Crippen molar-refractivity contribution in [3.63, 3.8) is 0 Å². The molecule has 1 aromatic carbocycles. The van der Waals surface area contributed by atoms with Gasteiger partial charge in [-0.2, -0.15) is 0 Å². The molecule has 174 valence electrons. The van der Waals surface area contributed by atoms with Gasteiger partial charge in [-0.15, -0.1) is 0 Å². The summed E-state index contributed by atoms with van der Waals surface area (Å²) < 4.78 is 20.9. The van der Waals surface area contributed by atoms with Gasteiger partial charge in [0.05, 0.1) is 13.2 Å². The highest BCUT2D eigenvalue weighted by molar-refractivity contribution is 5.69. The zero-order chi connectivity index (χ0) is 23.3. The van der Waals surface area contributed by atoms with E-state index in [9.17, 15) is 14.4 Å². The lowest BCUT2D eigenvalue weighted by atomic mass is 10.2. The van der Waals surface area contributed by atoms with Crippen LogP contribution >= 0.6 is 0 Å². The summed E-state index contributed by atoms with van der Waals surface area (Å²) in [5.74, 6) is -0.374. The van der Waals surface area contributed by atoms with Crippen LogP contribution in [0.15, 0.2) is 30.3 Å². The molecule has 1 rings (SSSR count). The van der Waals surface area contributed by atoms with Crippen molar-refractivity contribution in [3.8, 4) is 0 Å². The molecule has 0 fully saturated rings. The maximum Gasteiger partial charge on any atom is 0.410 e. The molecule has 0 unspecified atom stereocenters. The Morgan fingerprint density at radius 3 is 2.16 bits per heavy atom. The van der Waals surface area contributed by atoms with Gasteiger partial charge in [-0.3, -0.25) is 4.79 Å². The first kappa shape index (κ1) is 26.2. The monoisotopic (exact) mass is 438 g/mol. The van der Waals surface area contributed by atoms with Crippen LogP contribution in [0.1, 0.15) is 33.3 Å². The number of amides is 2. The van der Waals surface area contributed by atoms with Crippen molar-refractivity contribution in [1.29, 1.82) is 0 Å². The average Bonchev–Trinajstić information content (AvgIpc) is 2.69. The quantitative estimate of drug-likeness (QED) is 0.298. The Hall–Kier alpha value is -2.81. The molecule has 0 saturated carbocycles. The first-order valence-corrected chi connectivity index (χ1v) is 10.2. The van der Waals surface area contributed by atoms with Gasteiger partial charge in [0.15, 0.2) is 0 Å². The van der Waals surface area contributed by atoms with Gasteiger partial charge in [-0.1, -0.05) is 30.3 Å². The Morgan fingerprint density at radius 2 is 1.55 bits per heavy atom. The molecular weight excluding hydrogens is 404 g/mol. The fourth-order valence-corrected chi connectivity index (χ4v) is 2.33. The van der Waals surface area contributed by atoms with Crippen LogP contribution in [-0.4, -0.2) is 80.1 Å². The average molecular weight is 439 g/mol. The highest BCUT2D eigenvalue weighted by Crippen LogP contribution is 2.10. The Bertz CT molecular complexity index is 689. The predicted octanol–water partition coefficient (Wildman–Crippen LogP) is 3.07. The smallest absolute Gasteiger partial charge is 0.410 e. The van der Waals surface area contributed by atoms with Crippen molar-refractivity contribution in [2.24, 2.45) is 0 Å². The van der Waals surface area contributed by atoms with Crippen LogP contribution in [0, 0.1) is 0 Å². The van der Waals surface area contributed by atoms with Crippen molar-refractivity contribution in [3.05, 3.63) is 35.9 Å². The third-order valence-electron chi connectivity index (χ3n) is 3.91. The van der Waals surface area contributed by atoms with E-state index < -0.39 is 17.8 Å². The first-order valence-electron chi connectivity index (χ1n) is 10.2. The molecule has 1 aromatic rings. The number of benzene rings is 1. The van der Waals surface area contributed by atoms with E-state index in [0.717, 1.165) is 5.56 Å². The minimum Gasteiger partial charge on any atom is -0.463 e. The zero-order valence-corrected chi connectivity index (χ0v) is 19.1. The van der Waals surface area contributed by atoms with Gasteiger partial charge >= 0.3 is 18.2 Å². The summed E-state index contributed by atoms with van der Waals surface area (Å²) in [5, 5.41) is 0. The summed E-state index contributed by atoms with van der Waals surface area (Å²) in [5.41, 5.74) is 0.247. The van der Waals surface area contributed by atoms with Crippen LogP contribution in [0.25, 0.3) is 0 Å². The molecule has 0 aliphatic rings. The predicted molar refractivity (Wildman–Crippen MR) is 115 cm³/mol. The van der Waals surface area contributed by atoms with E-state index in [2.05, 4.69) is 0 Å². The van der Waals surface area contributed by atoms with Crippen molar-refractivity contribution in [2.75, 3.05) is 46.5 Å². The molecule has 2 amide bonds. The van der Waals surface area contributed by atoms with E-state index in [1.165, 1.54) is 16.7 Å². The molecular formula is C22H34N2O7. The van der Waals surface area contributed by atoms with Gasteiger partial charge in [0.25, 0.3) is 0 Å². The van der Waals surface area contributed by atoms with E-state index >= 15 is 0 Å². The fraction of sp³-hybridized carbons (Fsp3) is 0.591. The maximum atomic E-state index is 12.5. The van der Waals surface area contributed by atoms with Crippen molar-refractivity contribution in [2.45, 2.75) is 39.9 Å². The van der Waals surface area contributed by atoms with E-state index in [1.54, 1.807) is 27.8 Å². The Balaban J connectivity index is 2.49. The second kappa shape index (κ2) is 13.5. The summed E-state index contributed by atoms with van der Waals surface area (Å²) in [6, 6.07) is 9.39. The normalized spacial score (nSPS) is 10.9. The molecule has 0 bridgehead atoms. The number of rotatable bonds is 11. The van der Waals surface area contributed by atoms with E-state index in [1.807, 2.05) is 30.3 Å². The molecule has 0 N–H and O–H groups in total. The molecule has 0 heterocycles. The van der Waals surface area contributed by atoms with Gasteiger partial charge < -0.3 is 28.7 Å². The molecule has 9 nitrogen and oxygen atoms in total. The van der Waals surface area contributed by atoms with Crippen molar-refractivity contribution in [1.82, 2.24) is 9.80 Å². The molecule has 9 heteroatoms. The third-order valence-corrected chi connectivity index (χ3v) is 3.91. The number of carbonyl (C=O) groups excluding carboxylic acids is 3. The SMILES string of the molecule is CC(=O)OCCOCCN(CCN(C)C(=O)OCc1ccccc1)C(=O)OC(C)(C)C. The van der Waals surface area contributed by atoms with Crippen molar-refractivity contribution >= 4 is 18.2 Å². The molecule has 0 radical (unpaired) electrons. The number of ether oxygens (including phenoxy) is 4. The number of likely N-dealkylation sites (N-methyl/N-ethyl adjacent to an activating group) is 1. The molecule has 0 spiro atoms. The van der Waals surface area contributed by atoms with Crippen LogP contribution < -0.4 is 0 Å². The van der Waals surface area contributed by atoms with Gasteiger partial charge in [0.1, 0.15) is 18.8 Å². The first-order chi connectivity index (χ1) is 14.6. The molecule has 31 heavy (non-hydrogen) atoms. The van der Waals surface area contributed by atoms with Crippen molar-refractivity contribution < 1.29 is 33.3 Å². The number of hydrogen-bond donors (Lipinski definition) is 0. The topological polar surface area (TPSA) is 94.6 Å². The largest absolute Gasteiger partial charge is 0.463 e. The molecule has 0 aliphatic carbocycles. The van der Waals surface area contributed by atoms with Crippen LogP contribution in [0.5, 0.6) is 0 Å². The van der Waals surface area contributed by atoms with Gasteiger partial charge in [-0.05, 0) is 26.3 Å². The second-order valence-corrected chi connectivity index (χ2v) is 7.88. The lowest BCUT2D eigenvalue weighted by molar-refractivity contribution is -0.142. The number of nitrogens with zero attached hydrogens (tertiary/aromatic N) is 2. The molecule has 0 atom stereocenters. The van der Waals surface area contributed by atoms with Gasteiger partial charge in [0, 0.05) is 33.6 Å². The summed E-state index contributed by atoms with van der Waals surface area (Å²) in [6.45, 7) is 8.25. The number of carbonyl (C=O) groups is 3. The molecule has 0 aliphatic heterocycles. The maximum absolute atomic E-state index is 12.5.